The minimum Gasteiger partial charge on any atom is -0.465 e. The second kappa shape index (κ2) is 15.8. The Hall–Kier alpha value is -4.06. The predicted octanol–water partition coefficient (Wildman–Crippen LogP) is 7.52. The lowest BCUT2D eigenvalue weighted by Crippen LogP contribution is -2.49. The van der Waals surface area contributed by atoms with E-state index in [4.69, 9.17) is 10.3 Å². The highest BCUT2D eigenvalue weighted by atomic mass is 32.1. The highest BCUT2D eigenvalue weighted by Crippen LogP contribution is 2.20. The van der Waals surface area contributed by atoms with Crippen LogP contribution in [0.15, 0.2) is 64.4 Å². The van der Waals surface area contributed by atoms with E-state index >= 15 is 0 Å². The molecule has 0 spiro atoms. The van der Waals surface area contributed by atoms with Crippen LogP contribution in [0.4, 0.5) is 15.3 Å². The lowest BCUT2D eigenvalue weighted by atomic mass is 10.1. The van der Waals surface area contributed by atoms with Gasteiger partial charge >= 0.3 is 12.2 Å². The van der Waals surface area contributed by atoms with Gasteiger partial charge in [0.05, 0.1) is 13.1 Å². The van der Waals surface area contributed by atoms with E-state index in [0.29, 0.717) is 38.0 Å². The summed E-state index contributed by atoms with van der Waals surface area (Å²) in [4.78, 5) is 46.3. The van der Waals surface area contributed by atoms with Gasteiger partial charge in [0.25, 0.3) is 0 Å². The molecule has 224 valence electrons. The number of amides is 3. The molecule has 1 aromatic carbocycles. The summed E-state index contributed by atoms with van der Waals surface area (Å²) in [7, 11) is 0. The van der Waals surface area contributed by atoms with Gasteiger partial charge in [-0.15, -0.1) is 22.7 Å². The molecule has 42 heavy (non-hydrogen) atoms. The number of azide groups is 1. The SMILES string of the molecule is CC(C)(C)OC(=O)NC(CCCCN(Cc1ccc(N=[N+]=[N-])cc1)C(=O)O)C(=O)N(Cc1cccs1)Cc1cccs1. The molecule has 1 unspecified atom stereocenters. The van der Waals surface area contributed by atoms with E-state index in [9.17, 15) is 19.5 Å². The van der Waals surface area contributed by atoms with Gasteiger partial charge in [0.15, 0.2) is 0 Å². The Morgan fingerprint density at radius 1 is 0.976 bits per heavy atom. The molecule has 3 aromatic rings. The molecule has 0 aliphatic carbocycles. The number of benzene rings is 1. The van der Waals surface area contributed by atoms with E-state index in [-0.39, 0.29) is 19.0 Å². The highest BCUT2D eigenvalue weighted by molar-refractivity contribution is 7.10. The molecule has 1 atom stereocenters. The third-order valence-electron chi connectivity index (χ3n) is 6.07. The van der Waals surface area contributed by atoms with Crippen LogP contribution in [0.25, 0.3) is 10.4 Å². The second-order valence-electron chi connectivity index (χ2n) is 10.6. The first kappa shape index (κ1) is 32.5. The largest absolute Gasteiger partial charge is 0.465 e. The van der Waals surface area contributed by atoms with Gasteiger partial charge in [0.2, 0.25) is 5.91 Å². The van der Waals surface area contributed by atoms with E-state index in [1.54, 1.807) is 72.6 Å². The highest BCUT2D eigenvalue weighted by Gasteiger charge is 2.29. The molecule has 0 radical (unpaired) electrons. The first-order valence-electron chi connectivity index (χ1n) is 13.5. The van der Waals surface area contributed by atoms with Crippen molar-refractivity contribution in [2.75, 3.05) is 6.54 Å². The summed E-state index contributed by atoms with van der Waals surface area (Å²) >= 11 is 3.12. The Kier molecular flexibility index (Phi) is 12.2. The van der Waals surface area contributed by atoms with Gasteiger partial charge in [-0.2, -0.15) is 0 Å². The smallest absolute Gasteiger partial charge is 0.408 e. The molecule has 0 bridgehead atoms. The van der Waals surface area contributed by atoms with E-state index in [1.165, 1.54) is 4.90 Å². The number of hydrogen-bond donors (Lipinski definition) is 2. The van der Waals surface area contributed by atoms with Crippen LogP contribution in [-0.4, -0.2) is 51.2 Å². The number of carboxylic acid groups (broad SMARTS) is 1. The maximum absolute atomic E-state index is 13.9. The molecular formula is C29H36N6O5S2. The zero-order valence-corrected chi connectivity index (χ0v) is 25.6. The van der Waals surface area contributed by atoms with Crippen LogP contribution in [0.5, 0.6) is 0 Å². The lowest BCUT2D eigenvalue weighted by molar-refractivity contribution is -0.135. The number of carbonyl (C=O) groups excluding carboxylic acids is 2. The maximum Gasteiger partial charge on any atom is 0.408 e. The number of carbonyl (C=O) groups is 3. The summed E-state index contributed by atoms with van der Waals surface area (Å²) in [6.07, 6.45) is -0.440. The van der Waals surface area contributed by atoms with E-state index in [1.807, 2.05) is 35.0 Å². The third-order valence-corrected chi connectivity index (χ3v) is 7.79. The van der Waals surface area contributed by atoms with Crippen molar-refractivity contribution < 1.29 is 24.2 Å². The minimum atomic E-state index is -1.06. The van der Waals surface area contributed by atoms with Crippen LogP contribution in [0.1, 0.15) is 55.4 Å². The molecule has 2 heterocycles. The van der Waals surface area contributed by atoms with Gasteiger partial charge < -0.3 is 25.0 Å². The Bertz CT molecular complexity index is 1300. The number of rotatable bonds is 14. The fraction of sp³-hybridized carbons (Fsp3) is 0.414. The van der Waals surface area contributed by atoms with Gasteiger partial charge in [-0.3, -0.25) is 4.79 Å². The summed E-state index contributed by atoms with van der Waals surface area (Å²) in [6, 6.07) is 13.7. The van der Waals surface area contributed by atoms with Gasteiger partial charge in [0.1, 0.15) is 11.6 Å². The number of ether oxygens (including phenoxy) is 1. The summed E-state index contributed by atoms with van der Waals surface area (Å²) in [5.74, 6) is -0.224. The van der Waals surface area contributed by atoms with Crippen LogP contribution < -0.4 is 5.32 Å². The summed E-state index contributed by atoms with van der Waals surface area (Å²) in [5.41, 5.74) is 9.04. The van der Waals surface area contributed by atoms with E-state index < -0.39 is 23.8 Å². The van der Waals surface area contributed by atoms with Crippen molar-refractivity contribution in [3.05, 3.63) is 85.1 Å². The van der Waals surface area contributed by atoms with Crippen LogP contribution >= 0.6 is 22.7 Å². The second-order valence-corrected chi connectivity index (χ2v) is 12.7. The monoisotopic (exact) mass is 612 g/mol. The maximum atomic E-state index is 13.9. The van der Waals surface area contributed by atoms with Gasteiger partial charge in [-0.25, -0.2) is 9.59 Å². The van der Waals surface area contributed by atoms with Crippen molar-refractivity contribution in [3.63, 3.8) is 0 Å². The van der Waals surface area contributed by atoms with Gasteiger partial charge in [0, 0.05) is 33.4 Å². The molecule has 0 saturated heterocycles. The van der Waals surface area contributed by atoms with Crippen LogP contribution in [-0.2, 0) is 29.2 Å². The molecule has 11 nitrogen and oxygen atoms in total. The van der Waals surface area contributed by atoms with Gasteiger partial charge in [-0.05, 0) is 74.0 Å². The van der Waals surface area contributed by atoms with Crippen molar-refractivity contribution >= 4 is 46.5 Å². The Morgan fingerprint density at radius 3 is 2.10 bits per heavy atom. The Morgan fingerprint density at radius 2 is 1.60 bits per heavy atom. The van der Waals surface area contributed by atoms with E-state index in [0.717, 1.165) is 15.3 Å². The normalized spacial score (nSPS) is 11.7. The zero-order chi connectivity index (χ0) is 30.5. The molecule has 0 aliphatic rings. The molecule has 3 rings (SSSR count). The molecular weight excluding hydrogens is 576 g/mol. The number of alkyl carbamates (subject to hydrolysis) is 1. The first-order chi connectivity index (χ1) is 20.0. The fourth-order valence-corrected chi connectivity index (χ4v) is 5.59. The Balaban J connectivity index is 1.68. The van der Waals surface area contributed by atoms with Gasteiger partial charge in [-0.1, -0.05) is 41.5 Å². The Labute approximate surface area is 253 Å². The van der Waals surface area contributed by atoms with Crippen LogP contribution in [0.2, 0.25) is 0 Å². The zero-order valence-electron chi connectivity index (χ0n) is 23.9. The van der Waals surface area contributed by atoms with Crippen molar-refractivity contribution in [2.24, 2.45) is 5.11 Å². The number of thiophene rings is 2. The molecule has 0 aliphatic heterocycles. The summed E-state index contributed by atoms with van der Waals surface area (Å²) in [6.45, 7) is 6.50. The molecule has 0 saturated carbocycles. The first-order valence-corrected chi connectivity index (χ1v) is 15.2. The molecule has 0 fully saturated rings. The number of unbranched alkanes of at least 4 members (excludes halogenated alkanes) is 1. The quantitative estimate of drug-likeness (QED) is 0.0836. The van der Waals surface area contributed by atoms with Crippen molar-refractivity contribution in [1.82, 2.24) is 15.1 Å². The van der Waals surface area contributed by atoms with Crippen LogP contribution in [0.3, 0.4) is 0 Å². The number of hydrogen-bond acceptors (Lipinski definition) is 7. The average molecular weight is 613 g/mol. The van der Waals surface area contributed by atoms with Crippen molar-refractivity contribution in [3.8, 4) is 0 Å². The summed E-state index contributed by atoms with van der Waals surface area (Å²) in [5, 5.41) is 20.0. The minimum absolute atomic E-state index is 0.166. The number of nitrogens with one attached hydrogen (secondary N) is 1. The average Bonchev–Trinajstić information content (AvgIpc) is 3.63. The topological polar surface area (TPSA) is 148 Å². The third kappa shape index (κ3) is 11.1. The number of nitrogens with zero attached hydrogens (tertiary/aromatic N) is 5. The molecule has 13 heteroatoms. The fourth-order valence-electron chi connectivity index (χ4n) is 4.15. The van der Waals surface area contributed by atoms with Crippen LogP contribution in [0, 0.1) is 0 Å². The molecule has 2 N–H and O–H groups in total. The molecule has 2 aromatic heterocycles. The molecule has 3 amide bonds. The standard InChI is InChI=1S/C29H36N6O5S2/c1-29(2,3)40-27(37)31-25(26(36)35(19-23-8-6-16-41-23)20-24-9-7-17-42-24)10-4-5-15-34(28(38)39)18-21-11-13-22(14-12-21)32-33-30/h6-9,11-14,16-17,25H,4-5,10,15,18-20H2,1-3H3,(H,31,37)(H,38,39). The van der Waals surface area contributed by atoms with Crippen molar-refractivity contribution in [1.29, 1.82) is 0 Å². The lowest BCUT2D eigenvalue weighted by Gasteiger charge is -2.29. The van der Waals surface area contributed by atoms with E-state index in [2.05, 4.69) is 15.3 Å². The summed E-state index contributed by atoms with van der Waals surface area (Å²) < 4.78 is 5.45. The predicted molar refractivity (Wildman–Crippen MR) is 164 cm³/mol. The van der Waals surface area contributed by atoms with Crippen molar-refractivity contribution in [2.45, 2.75) is 71.3 Å².